The van der Waals surface area contributed by atoms with Crippen molar-refractivity contribution in [3.63, 3.8) is 0 Å². The van der Waals surface area contributed by atoms with Gasteiger partial charge in [0.25, 0.3) is 5.91 Å². The van der Waals surface area contributed by atoms with Crippen LogP contribution in [0.2, 0.25) is 0 Å². The summed E-state index contributed by atoms with van der Waals surface area (Å²) in [4.78, 5) is 13.7. The van der Waals surface area contributed by atoms with Crippen molar-refractivity contribution >= 4 is 5.91 Å². The summed E-state index contributed by atoms with van der Waals surface area (Å²) < 4.78 is 0. The Balaban J connectivity index is 2.94. The Labute approximate surface area is 85.5 Å². The van der Waals surface area contributed by atoms with E-state index < -0.39 is 0 Å². The predicted octanol–water partition coefficient (Wildman–Crippen LogP) is 2.35. The molecule has 0 bridgehead atoms. The second-order valence-electron chi connectivity index (χ2n) is 3.13. The van der Waals surface area contributed by atoms with E-state index in [9.17, 15) is 4.79 Å². The molecule has 1 aromatic carbocycles. The first-order chi connectivity index (χ1) is 6.70. The average molecular weight is 190 g/mol. The second-order valence-corrected chi connectivity index (χ2v) is 3.13. The summed E-state index contributed by atoms with van der Waals surface area (Å²) in [5, 5.41) is 0. The molecule has 1 rings (SSSR count). The molecule has 0 spiro atoms. The Morgan fingerprint density at radius 2 is 1.86 bits per heavy atom. The Kier molecular flexibility index (Phi) is 3.69. The van der Waals surface area contributed by atoms with Gasteiger partial charge in [-0.2, -0.15) is 0 Å². The lowest BCUT2D eigenvalue weighted by atomic mass is 10.1. The normalized spacial score (nSPS) is 9.93. The van der Waals surface area contributed by atoms with Crippen LogP contribution in [0.3, 0.4) is 0 Å². The van der Waals surface area contributed by atoms with Crippen molar-refractivity contribution in [2.75, 3.05) is 13.1 Å². The summed E-state index contributed by atoms with van der Waals surface area (Å²) in [7, 11) is 0. The molecule has 1 amide bonds. The topological polar surface area (TPSA) is 20.3 Å². The molecule has 0 saturated heterocycles. The number of carbonyl (C=O) groups is 1. The number of hydrogen-bond donors (Lipinski definition) is 0. The maximum absolute atomic E-state index is 11.9. The van der Waals surface area contributed by atoms with E-state index in [2.05, 4.69) is 6.92 Å². The lowest BCUT2D eigenvalue weighted by Gasteiger charge is -2.19. The van der Waals surface area contributed by atoms with Crippen LogP contribution in [0, 0.1) is 6.92 Å². The predicted molar refractivity (Wildman–Crippen MR) is 58.2 cm³/mol. The molecule has 0 aliphatic rings. The molecule has 0 saturated carbocycles. The molecule has 1 aromatic rings. The van der Waals surface area contributed by atoms with Crippen molar-refractivity contribution in [1.29, 1.82) is 0 Å². The minimum absolute atomic E-state index is 0.0700. The monoisotopic (exact) mass is 190 g/mol. The van der Waals surface area contributed by atoms with Gasteiger partial charge in [0.2, 0.25) is 0 Å². The van der Waals surface area contributed by atoms with Crippen LogP contribution in [0.15, 0.2) is 24.3 Å². The summed E-state index contributed by atoms with van der Waals surface area (Å²) in [6.45, 7) is 9.28. The zero-order chi connectivity index (χ0) is 10.6. The van der Waals surface area contributed by atoms with Gasteiger partial charge in [-0.15, -0.1) is 0 Å². The van der Waals surface area contributed by atoms with Crippen LogP contribution in [0.5, 0.6) is 0 Å². The highest BCUT2D eigenvalue weighted by Gasteiger charge is 2.13. The van der Waals surface area contributed by atoms with Crippen LogP contribution in [-0.2, 0) is 0 Å². The van der Waals surface area contributed by atoms with Crippen LogP contribution in [0.1, 0.15) is 29.8 Å². The lowest BCUT2D eigenvalue weighted by molar-refractivity contribution is 0.0772. The van der Waals surface area contributed by atoms with E-state index in [4.69, 9.17) is 0 Å². The van der Waals surface area contributed by atoms with Crippen molar-refractivity contribution in [2.24, 2.45) is 0 Å². The third-order valence-electron chi connectivity index (χ3n) is 2.30. The van der Waals surface area contributed by atoms with Gasteiger partial charge < -0.3 is 4.90 Å². The van der Waals surface area contributed by atoms with E-state index in [1.807, 2.05) is 38.1 Å². The zero-order valence-electron chi connectivity index (χ0n) is 8.79. The van der Waals surface area contributed by atoms with Gasteiger partial charge in [0.05, 0.1) is 0 Å². The van der Waals surface area contributed by atoms with Crippen molar-refractivity contribution in [2.45, 2.75) is 13.8 Å². The van der Waals surface area contributed by atoms with Crippen LogP contribution in [0.4, 0.5) is 0 Å². The van der Waals surface area contributed by atoms with E-state index >= 15 is 0 Å². The van der Waals surface area contributed by atoms with Gasteiger partial charge in [-0.25, -0.2) is 0 Å². The SMILES string of the molecule is [CH2]c1ccccc1C(=O)N(CC)CC. The van der Waals surface area contributed by atoms with Crippen molar-refractivity contribution < 1.29 is 4.79 Å². The smallest absolute Gasteiger partial charge is 0.254 e. The standard InChI is InChI=1S/C12H16NO/c1-4-13(5-2)12(14)11-9-7-6-8-10(11)3/h6-9H,3-5H2,1-2H3. The first kappa shape index (κ1) is 10.8. The number of nitrogens with zero attached hydrogens (tertiary/aromatic N) is 1. The van der Waals surface area contributed by atoms with Gasteiger partial charge in [-0.1, -0.05) is 18.2 Å². The molecule has 0 fully saturated rings. The van der Waals surface area contributed by atoms with Crippen molar-refractivity contribution in [1.82, 2.24) is 4.90 Å². The summed E-state index contributed by atoms with van der Waals surface area (Å²) in [5.74, 6) is 0.0700. The average Bonchev–Trinajstić information content (AvgIpc) is 2.20. The van der Waals surface area contributed by atoms with E-state index in [1.54, 1.807) is 4.90 Å². The minimum Gasteiger partial charge on any atom is -0.339 e. The first-order valence-corrected chi connectivity index (χ1v) is 4.91. The van der Waals surface area contributed by atoms with Gasteiger partial charge in [0, 0.05) is 18.7 Å². The lowest BCUT2D eigenvalue weighted by Crippen LogP contribution is -2.30. The first-order valence-electron chi connectivity index (χ1n) is 4.91. The van der Waals surface area contributed by atoms with E-state index in [0.29, 0.717) is 5.56 Å². The molecule has 2 heteroatoms. The Hall–Kier alpha value is -1.31. The number of rotatable bonds is 3. The molecule has 0 atom stereocenters. The Morgan fingerprint density at radius 3 is 2.36 bits per heavy atom. The molecule has 0 aromatic heterocycles. The molecule has 14 heavy (non-hydrogen) atoms. The minimum atomic E-state index is 0.0700. The van der Waals surface area contributed by atoms with Crippen molar-refractivity contribution in [3.8, 4) is 0 Å². The van der Waals surface area contributed by atoms with Crippen LogP contribution in [0.25, 0.3) is 0 Å². The number of hydrogen-bond acceptors (Lipinski definition) is 1. The van der Waals surface area contributed by atoms with Crippen molar-refractivity contribution in [3.05, 3.63) is 42.3 Å². The second kappa shape index (κ2) is 4.80. The molecule has 75 valence electrons. The van der Waals surface area contributed by atoms with Gasteiger partial charge in [-0.3, -0.25) is 4.79 Å². The van der Waals surface area contributed by atoms with Gasteiger partial charge in [-0.05, 0) is 32.4 Å². The summed E-state index contributed by atoms with van der Waals surface area (Å²) in [6, 6.07) is 7.44. The van der Waals surface area contributed by atoms with Gasteiger partial charge in [0.15, 0.2) is 0 Å². The highest BCUT2D eigenvalue weighted by atomic mass is 16.2. The fraction of sp³-hybridized carbons (Fsp3) is 0.333. The molecular weight excluding hydrogens is 174 g/mol. The fourth-order valence-corrected chi connectivity index (χ4v) is 1.41. The van der Waals surface area contributed by atoms with Crippen LogP contribution >= 0.6 is 0 Å². The number of amides is 1. The largest absolute Gasteiger partial charge is 0.339 e. The van der Waals surface area contributed by atoms with Crippen LogP contribution < -0.4 is 0 Å². The molecule has 0 heterocycles. The molecule has 0 N–H and O–H groups in total. The summed E-state index contributed by atoms with van der Waals surface area (Å²) in [5.41, 5.74) is 1.50. The number of carbonyl (C=O) groups excluding carboxylic acids is 1. The highest BCUT2D eigenvalue weighted by Crippen LogP contribution is 2.10. The number of benzene rings is 1. The van der Waals surface area contributed by atoms with E-state index in [0.717, 1.165) is 18.7 Å². The molecule has 2 nitrogen and oxygen atoms in total. The highest BCUT2D eigenvalue weighted by molar-refractivity contribution is 5.95. The van der Waals surface area contributed by atoms with Gasteiger partial charge >= 0.3 is 0 Å². The summed E-state index contributed by atoms with van der Waals surface area (Å²) in [6.07, 6.45) is 0. The van der Waals surface area contributed by atoms with E-state index in [1.165, 1.54) is 0 Å². The molecular formula is C12H16NO. The summed E-state index contributed by atoms with van der Waals surface area (Å²) >= 11 is 0. The quantitative estimate of drug-likeness (QED) is 0.716. The zero-order valence-corrected chi connectivity index (χ0v) is 8.79. The molecule has 0 unspecified atom stereocenters. The third kappa shape index (κ3) is 2.13. The Morgan fingerprint density at radius 1 is 1.29 bits per heavy atom. The maximum atomic E-state index is 11.9. The van der Waals surface area contributed by atoms with Gasteiger partial charge in [0.1, 0.15) is 0 Å². The Bertz CT molecular complexity index is 316. The van der Waals surface area contributed by atoms with Crippen LogP contribution in [-0.4, -0.2) is 23.9 Å². The third-order valence-corrected chi connectivity index (χ3v) is 2.30. The molecule has 0 aliphatic carbocycles. The van der Waals surface area contributed by atoms with E-state index in [-0.39, 0.29) is 5.91 Å². The fourth-order valence-electron chi connectivity index (χ4n) is 1.41. The molecule has 1 radical (unpaired) electrons. The maximum Gasteiger partial charge on any atom is 0.254 e. The molecule has 0 aliphatic heterocycles.